The quantitative estimate of drug-likeness (QED) is 0.716. The van der Waals surface area contributed by atoms with Crippen molar-refractivity contribution in [1.29, 1.82) is 0 Å². The Morgan fingerprint density at radius 2 is 2.15 bits per heavy atom. The third kappa shape index (κ3) is 2.25. The molecule has 20 heavy (non-hydrogen) atoms. The highest BCUT2D eigenvalue weighted by molar-refractivity contribution is 5.96. The van der Waals surface area contributed by atoms with Gasteiger partial charge >= 0.3 is 0 Å². The molecule has 5 nitrogen and oxygen atoms in total. The minimum Gasteiger partial charge on any atom is -0.467 e. The Morgan fingerprint density at radius 1 is 1.30 bits per heavy atom. The lowest BCUT2D eigenvalue weighted by Gasteiger charge is -2.09. The lowest BCUT2D eigenvalue weighted by atomic mass is 10.2. The molecule has 0 aliphatic rings. The second-order valence-corrected chi connectivity index (χ2v) is 4.62. The van der Waals surface area contributed by atoms with Crippen LogP contribution < -0.4 is 11.1 Å². The number of fused-ring (bicyclic) bond motifs is 1. The molecular formula is C15H14N2O3. The van der Waals surface area contributed by atoms with Gasteiger partial charge in [-0.1, -0.05) is 0 Å². The van der Waals surface area contributed by atoms with Crippen LogP contribution in [0.1, 0.15) is 29.3 Å². The van der Waals surface area contributed by atoms with Gasteiger partial charge in [0.05, 0.1) is 12.3 Å². The molecule has 0 saturated heterocycles. The van der Waals surface area contributed by atoms with E-state index in [1.165, 1.54) is 0 Å². The van der Waals surface area contributed by atoms with Crippen LogP contribution in [0.4, 0.5) is 5.69 Å². The fourth-order valence-corrected chi connectivity index (χ4v) is 2.05. The van der Waals surface area contributed by atoms with Crippen molar-refractivity contribution < 1.29 is 13.6 Å². The first-order chi connectivity index (χ1) is 9.63. The molecule has 0 bridgehead atoms. The molecule has 102 valence electrons. The average molecular weight is 270 g/mol. The third-order valence-corrected chi connectivity index (χ3v) is 3.08. The van der Waals surface area contributed by atoms with Crippen LogP contribution in [-0.2, 0) is 0 Å². The molecule has 1 atom stereocenters. The summed E-state index contributed by atoms with van der Waals surface area (Å²) in [6, 6.07) is 10.3. The summed E-state index contributed by atoms with van der Waals surface area (Å²) in [7, 11) is 0. The maximum absolute atomic E-state index is 12.1. The van der Waals surface area contributed by atoms with Gasteiger partial charge in [0.15, 0.2) is 5.76 Å². The zero-order valence-corrected chi connectivity index (χ0v) is 10.9. The number of carbonyl (C=O) groups is 1. The summed E-state index contributed by atoms with van der Waals surface area (Å²) < 4.78 is 10.7. The summed E-state index contributed by atoms with van der Waals surface area (Å²) in [5.41, 5.74) is 6.97. The van der Waals surface area contributed by atoms with E-state index in [4.69, 9.17) is 14.6 Å². The fraction of sp³-hybridized carbons (Fsp3) is 0.133. The highest BCUT2D eigenvalue weighted by atomic mass is 16.3. The number of carbonyl (C=O) groups excluding carboxylic acids is 1. The summed E-state index contributed by atoms with van der Waals surface area (Å²) in [5.74, 6) is 0.659. The van der Waals surface area contributed by atoms with Gasteiger partial charge in [0, 0.05) is 11.1 Å². The lowest BCUT2D eigenvalue weighted by Crippen LogP contribution is -2.25. The van der Waals surface area contributed by atoms with E-state index in [1.54, 1.807) is 36.6 Å². The molecule has 2 heterocycles. The molecule has 3 rings (SSSR count). The molecule has 1 amide bonds. The van der Waals surface area contributed by atoms with Crippen LogP contribution in [-0.4, -0.2) is 5.91 Å². The smallest absolute Gasteiger partial charge is 0.287 e. The van der Waals surface area contributed by atoms with E-state index in [9.17, 15) is 4.79 Å². The molecular weight excluding hydrogens is 256 g/mol. The van der Waals surface area contributed by atoms with E-state index in [1.807, 2.05) is 13.0 Å². The van der Waals surface area contributed by atoms with Crippen LogP contribution in [0.3, 0.4) is 0 Å². The average Bonchev–Trinajstić information content (AvgIpc) is 3.07. The standard InChI is InChI=1S/C15H14N2O3/c1-9(12-3-2-6-19-12)17-15(18)14-8-10-7-11(16)4-5-13(10)20-14/h2-9H,16H2,1H3,(H,17,18). The molecule has 0 aliphatic heterocycles. The first kappa shape index (κ1) is 12.3. The van der Waals surface area contributed by atoms with Gasteiger partial charge in [0.1, 0.15) is 11.3 Å². The summed E-state index contributed by atoms with van der Waals surface area (Å²) in [6.45, 7) is 1.84. The van der Waals surface area contributed by atoms with Crippen LogP contribution in [0.2, 0.25) is 0 Å². The van der Waals surface area contributed by atoms with Crippen molar-refractivity contribution in [2.75, 3.05) is 5.73 Å². The van der Waals surface area contributed by atoms with Gasteiger partial charge in [-0.2, -0.15) is 0 Å². The van der Waals surface area contributed by atoms with Crippen molar-refractivity contribution in [2.45, 2.75) is 13.0 Å². The lowest BCUT2D eigenvalue weighted by molar-refractivity contribution is 0.0909. The summed E-state index contributed by atoms with van der Waals surface area (Å²) in [6.07, 6.45) is 1.57. The van der Waals surface area contributed by atoms with Crippen LogP contribution in [0.15, 0.2) is 51.5 Å². The van der Waals surface area contributed by atoms with E-state index >= 15 is 0 Å². The van der Waals surface area contributed by atoms with Gasteiger partial charge in [0.25, 0.3) is 5.91 Å². The van der Waals surface area contributed by atoms with Gasteiger partial charge in [0.2, 0.25) is 0 Å². The van der Waals surface area contributed by atoms with E-state index in [-0.39, 0.29) is 17.7 Å². The number of nitrogens with two attached hydrogens (primary N) is 1. The maximum Gasteiger partial charge on any atom is 0.287 e. The predicted octanol–water partition coefficient (Wildman–Crippen LogP) is 3.10. The fourth-order valence-electron chi connectivity index (χ4n) is 2.05. The summed E-state index contributed by atoms with van der Waals surface area (Å²) in [5, 5.41) is 3.62. The zero-order chi connectivity index (χ0) is 14.1. The highest BCUT2D eigenvalue weighted by Gasteiger charge is 2.17. The van der Waals surface area contributed by atoms with Crippen LogP contribution in [0.5, 0.6) is 0 Å². The van der Waals surface area contributed by atoms with Gasteiger partial charge in [-0.25, -0.2) is 0 Å². The molecule has 1 unspecified atom stereocenters. The molecule has 2 aromatic heterocycles. The molecule has 0 saturated carbocycles. The number of anilines is 1. The SMILES string of the molecule is CC(NC(=O)c1cc2cc(N)ccc2o1)c1ccco1. The molecule has 0 fully saturated rings. The number of benzene rings is 1. The van der Waals surface area contributed by atoms with Crippen molar-refractivity contribution in [2.24, 2.45) is 0 Å². The van der Waals surface area contributed by atoms with Gasteiger partial charge in [-0.15, -0.1) is 0 Å². The maximum atomic E-state index is 12.1. The summed E-state index contributed by atoms with van der Waals surface area (Å²) in [4.78, 5) is 12.1. The molecule has 3 N–H and O–H groups in total. The highest BCUT2D eigenvalue weighted by Crippen LogP contribution is 2.22. The largest absolute Gasteiger partial charge is 0.467 e. The number of rotatable bonds is 3. The molecule has 5 heteroatoms. The van der Waals surface area contributed by atoms with Crippen LogP contribution in [0, 0.1) is 0 Å². The Kier molecular flexibility index (Phi) is 2.95. The van der Waals surface area contributed by atoms with Crippen LogP contribution in [0.25, 0.3) is 11.0 Å². The Labute approximate surface area is 115 Å². The minimum absolute atomic E-state index is 0.226. The number of nitrogens with one attached hydrogen (secondary N) is 1. The van der Waals surface area contributed by atoms with Crippen molar-refractivity contribution >= 4 is 22.6 Å². The minimum atomic E-state index is -0.288. The first-order valence-corrected chi connectivity index (χ1v) is 6.27. The number of hydrogen-bond donors (Lipinski definition) is 2. The first-order valence-electron chi connectivity index (χ1n) is 6.27. The molecule has 1 aromatic carbocycles. The Balaban J connectivity index is 1.82. The van der Waals surface area contributed by atoms with E-state index in [0.717, 1.165) is 5.39 Å². The van der Waals surface area contributed by atoms with Crippen molar-refractivity contribution in [3.63, 3.8) is 0 Å². The second kappa shape index (κ2) is 4.77. The second-order valence-electron chi connectivity index (χ2n) is 4.62. The van der Waals surface area contributed by atoms with Gasteiger partial charge in [-0.05, 0) is 43.3 Å². The molecule has 0 spiro atoms. The van der Waals surface area contributed by atoms with Crippen molar-refractivity contribution in [3.05, 3.63) is 54.2 Å². The number of nitrogen functional groups attached to an aromatic ring is 1. The number of amides is 1. The summed E-state index contributed by atoms with van der Waals surface area (Å²) >= 11 is 0. The molecule has 0 aliphatic carbocycles. The van der Waals surface area contributed by atoms with Gasteiger partial charge < -0.3 is 19.9 Å². The molecule has 0 radical (unpaired) electrons. The predicted molar refractivity (Wildman–Crippen MR) is 75.2 cm³/mol. The Hall–Kier alpha value is -2.69. The Morgan fingerprint density at radius 3 is 2.90 bits per heavy atom. The van der Waals surface area contributed by atoms with E-state index in [2.05, 4.69) is 5.32 Å². The monoisotopic (exact) mass is 270 g/mol. The zero-order valence-electron chi connectivity index (χ0n) is 10.9. The number of furan rings is 2. The van der Waals surface area contributed by atoms with Gasteiger partial charge in [-0.3, -0.25) is 4.79 Å². The topological polar surface area (TPSA) is 81.4 Å². The van der Waals surface area contributed by atoms with E-state index < -0.39 is 0 Å². The Bertz CT molecular complexity index is 744. The van der Waals surface area contributed by atoms with Crippen LogP contribution >= 0.6 is 0 Å². The third-order valence-electron chi connectivity index (χ3n) is 3.08. The molecule has 3 aromatic rings. The number of hydrogen-bond acceptors (Lipinski definition) is 4. The van der Waals surface area contributed by atoms with Crippen molar-refractivity contribution in [1.82, 2.24) is 5.32 Å². The van der Waals surface area contributed by atoms with Crippen molar-refractivity contribution in [3.8, 4) is 0 Å². The van der Waals surface area contributed by atoms with E-state index in [0.29, 0.717) is 17.0 Å². The normalized spacial score (nSPS) is 12.4.